The molecule has 6 heteroatoms. The number of hydrogen-bond donors (Lipinski definition) is 0. The second-order valence-corrected chi connectivity index (χ2v) is 7.83. The average molecular weight is 424 g/mol. The van der Waals surface area contributed by atoms with Crippen molar-refractivity contribution in [2.75, 3.05) is 4.90 Å². The molecule has 0 aliphatic carbocycles. The van der Waals surface area contributed by atoms with E-state index in [0.29, 0.717) is 26.9 Å². The Hall–Kier alpha value is -2.89. The van der Waals surface area contributed by atoms with Gasteiger partial charge in [0, 0.05) is 10.8 Å². The molecule has 3 nitrogen and oxygen atoms in total. The maximum atomic E-state index is 13.4. The van der Waals surface area contributed by atoms with Crippen LogP contribution in [0.4, 0.5) is 10.1 Å². The summed E-state index contributed by atoms with van der Waals surface area (Å²) in [5, 5.41) is 0.512. The normalized spacial score (nSPS) is 14.1. The molecular formula is C23H15ClFNO2S. The summed E-state index contributed by atoms with van der Waals surface area (Å²) in [4.78, 5) is 27.9. The van der Waals surface area contributed by atoms with Gasteiger partial charge in [-0.15, -0.1) is 11.8 Å². The molecule has 1 heterocycles. The maximum Gasteiger partial charge on any atom is 0.272 e. The number of thioether (sulfide) groups is 1. The molecule has 0 bridgehead atoms. The average Bonchev–Trinajstić information content (AvgIpc) is 2.98. The van der Waals surface area contributed by atoms with E-state index in [1.807, 2.05) is 30.3 Å². The van der Waals surface area contributed by atoms with Crippen LogP contribution in [0.3, 0.4) is 0 Å². The van der Waals surface area contributed by atoms with Gasteiger partial charge in [-0.2, -0.15) is 0 Å². The highest BCUT2D eigenvalue weighted by atomic mass is 35.5. The summed E-state index contributed by atoms with van der Waals surface area (Å²) in [7, 11) is 0. The van der Waals surface area contributed by atoms with Crippen molar-refractivity contribution in [2.45, 2.75) is 5.75 Å². The minimum Gasteiger partial charge on any atom is -0.268 e. The van der Waals surface area contributed by atoms with Gasteiger partial charge in [0.1, 0.15) is 5.82 Å². The number of rotatable bonds is 5. The van der Waals surface area contributed by atoms with Crippen LogP contribution in [0.25, 0.3) is 5.57 Å². The lowest BCUT2D eigenvalue weighted by molar-refractivity contribution is -0.119. The summed E-state index contributed by atoms with van der Waals surface area (Å²) in [6, 6.07) is 21.8. The molecule has 0 radical (unpaired) electrons. The second-order valence-electron chi connectivity index (χ2n) is 6.41. The molecule has 29 heavy (non-hydrogen) atoms. The molecule has 2 amide bonds. The Balaban J connectivity index is 1.74. The lowest BCUT2D eigenvalue weighted by Gasteiger charge is -2.15. The monoisotopic (exact) mass is 423 g/mol. The highest BCUT2D eigenvalue weighted by Gasteiger charge is 2.40. The minimum atomic E-state index is -0.431. The van der Waals surface area contributed by atoms with Crippen LogP contribution in [0, 0.1) is 5.82 Å². The summed E-state index contributed by atoms with van der Waals surface area (Å²) in [6.45, 7) is 0. The van der Waals surface area contributed by atoms with Gasteiger partial charge < -0.3 is 0 Å². The standard InChI is InChI=1S/C23H15ClFNO2S/c24-17-8-12-19(13-9-17)26-22(27)20(16-6-10-18(25)11-7-16)21(23(26)28)29-14-15-4-2-1-3-5-15/h1-13H,14H2. The zero-order valence-corrected chi connectivity index (χ0v) is 16.7. The minimum absolute atomic E-state index is 0.283. The van der Waals surface area contributed by atoms with Gasteiger partial charge in [0.2, 0.25) is 0 Å². The van der Waals surface area contributed by atoms with Crippen molar-refractivity contribution in [2.24, 2.45) is 0 Å². The number of anilines is 1. The van der Waals surface area contributed by atoms with Crippen molar-refractivity contribution >= 4 is 46.4 Å². The number of benzene rings is 3. The summed E-state index contributed by atoms with van der Waals surface area (Å²) >= 11 is 7.24. The van der Waals surface area contributed by atoms with Crippen LogP contribution in [0.2, 0.25) is 5.02 Å². The molecule has 0 saturated carbocycles. The Morgan fingerprint density at radius 3 is 2.14 bits per heavy atom. The first-order valence-corrected chi connectivity index (χ1v) is 10.2. The molecule has 144 valence electrons. The molecule has 0 fully saturated rings. The highest BCUT2D eigenvalue weighted by Crippen LogP contribution is 2.39. The molecule has 0 N–H and O–H groups in total. The van der Waals surface area contributed by atoms with Crippen LogP contribution in [0.15, 0.2) is 83.8 Å². The smallest absolute Gasteiger partial charge is 0.268 e. The SMILES string of the molecule is O=C1C(SCc2ccccc2)=C(c2ccc(F)cc2)C(=O)N1c1ccc(Cl)cc1. The Morgan fingerprint density at radius 1 is 0.828 bits per heavy atom. The molecular weight excluding hydrogens is 409 g/mol. The third kappa shape index (κ3) is 3.97. The molecule has 4 rings (SSSR count). The van der Waals surface area contributed by atoms with Gasteiger partial charge >= 0.3 is 0 Å². The maximum absolute atomic E-state index is 13.4. The molecule has 0 spiro atoms. The first-order chi connectivity index (χ1) is 14.0. The van der Waals surface area contributed by atoms with Crippen molar-refractivity contribution in [1.29, 1.82) is 0 Å². The molecule has 0 unspecified atom stereocenters. The third-order valence-corrected chi connectivity index (χ3v) is 5.88. The van der Waals surface area contributed by atoms with E-state index < -0.39 is 17.6 Å². The van der Waals surface area contributed by atoms with E-state index in [4.69, 9.17) is 11.6 Å². The molecule has 1 aliphatic heterocycles. The Bertz CT molecular complexity index is 1100. The predicted molar refractivity (Wildman–Crippen MR) is 115 cm³/mol. The van der Waals surface area contributed by atoms with Crippen LogP contribution >= 0.6 is 23.4 Å². The van der Waals surface area contributed by atoms with Crippen molar-refractivity contribution < 1.29 is 14.0 Å². The number of imide groups is 1. The molecule has 3 aromatic carbocycles. The zero-order chi connectivity index (χ0) is 20.4. The van der Waals surface area contributed by atoms with Gasteiger partial charge in [-0.1, -0.05) is 54.1 Å². The lowest BCUT2D eigenvalue weighted by atomic mass is 10.1. The number of halogens is 2. The van der Waals surface area contributed by atoms with Crippen LogP contribution in [-0.2, 0) is 15.3 Å². The quantitative estimate of drug-likeness (QED) is 0.494. The lowest BCUT2D eigenvalue weighted by Crippen LogP contribution is -2.31. The van der Waals surface area contributed by atoms with E-state index in [9.17, 15) is 14.0 Å². The Labute approximate surface area is 176 Å². The van der Waals surface area contributed by atoms with Gasteiger partial charge in [-0.3, -0.25) is 9.59 Å². The molecule has 1 aliphatic rings. The van der Waals surface area contributed by atoms with Gasteiger partial charge in [0.15, 0.2) is 0 Å². The van der Waals surface area contributed by atoms with Gasteiger partial charge in [0.05, 0.1) is 16.2 Å². The third-order valence-electron chi connectivity index (χ3n) is 4.49. The van der Waals surface area contributed by atoms with Crippen LogP contribution in [-0.4, -0.2) is 11.8 Å². The fraction of sp³-hybridized carbons (Fsp3) is 0.0435. The van der Waals surface area contributed by atoms with Crippen LogP contribution in [0.5, 0.6) is 0 Å². The summed E-state index contributed by atoms with van der Waals surface area (Å²) in [5.41, 5.74) is 2.27. The molecule has 0 saturated heterocycles. The van der Waals surface area contributed by atoms with Crippen LogP contribution < -0.4 is 4.90 Å². The van der Waals surface area contributed by atoms with E-state index >= 15 is 0 Å². The first kappa shape index (κ1) is 19.4. The van der Waals surface area contributed by atoms with Gasteiger partial charge in [0.25, 0.3) is 11.8 Å². The number of nitrogens with zero attached hydrogens (tertiary/aromatic N) is 1. The summed E-state index contributed by atoms with van der Waals surface area (Å²) < 4.78 is 13.4. The van der Waals surface area contributed by atoms with Crippen molar-refractivity contribution in [3.8, 4) is 0 Å². The number of amides is 2. The number of carbonyl (C=O) groups excluding carboxylic acids is 2. The largest absolute Gasteiger partial charge is 0.272 e. The second kappa shape index (κ2) is 8.23. The Morgan fingerprint density at radius 2 is 1.48 bits per heavy atom. The summed E-state index contributed by atoms with van der Waals surface area (Å²) in [6.07, 6.45) is 0. The van der Waals surface area contributed by atoms with Crippen molar-refractivity contribution in [3.63, 3.8) is 0 Å². The number of carbonyl (C=O) groups is 2. The fourth-order valence-corrected chi connectivity index (χ4v) is 4.26. The van der Waals surface area contributed by atoms with Gasteiger partial charge in [-0.05, 0) is 47.5 Å². The summed E-state index contributed by atoms with van der Waals surface area (Å²) in [5.74, 6) is -0.690. The van der Waals surface area contributed by atoms with E-state index in [1.54, 1.807) is 24.3 Å². The number of hydrogen-bond acceptors (Lipinski definition) is 3. The molecule has 0 atom stereocenters. The van der Waals surface area contributed by atoms with E-state index in [0.717, 1.165) is 10.5 Å². The molecule has 3 aromatic rings. The highest BCUT2D eigenvalue weighted by molar-refractivity contribution is 8.03. The van der Waals surface area contributed by atoms with E-state index in [1.165, 1.54) is 36.0 Å². The van der Waals surface area contributed by atoms with Gasteiger partial charge in [-0.25, -0.2) is 9.29 Å². The van der Waals surface area contributed by atoms with Crippen molar-refractivity contribution in [3.05, 3.63) is 106 Å². The predicted octanol–water partition coefficient (Wildman–Crippen LogP) is 5.70. The zero-order valence-electron chi connectivity index (χ0n) is 15.1. The van der Waals surface area contributed by atoms with Crippen LogP contribution in [0.1, 0.15) is 11.1 Å². The van der Waals surface area contributed by atoms with E-state index in [-0.39, 0.29) is 5.57 Å². The topological polar surface area (TPSA) is 37.4 Å². The fourth-order valence-electron chi connectivity index (χ4n) is 3.07. The van der Waals surface area contributed by atoms with E-state index in [2.05, 4.69) is 0 Å². The first-order valence-electron chi connectivity index (χ1n) is 8.86. The Kier molecular flexibility index (Phi) is 5.51. The van der Waals surface area contributed by atoms with Crippen molar-refractivity contribution in [1.82, 2.24) is 0 Å². The molecule has 0 aromatic heterocycles.